The van der Waals surface area contributed by atoms with Crippen LogP contribution in [-0.4, -0.2) is 29.1 Å². The van der Waals surface area contributed by atoms with E-state index < -0.39 is 8.88 Å². The predicted molar refractivity (Wildman–Crippen MR) is 100 cm³/mol. The number of nitrogens with one attached hydrogen (secondary N) is 1. The Labute approximate surface area is 145 Å². The number of hydrogen-bond acceptors (Lipinski definition) is 4. The van der Waals surface area contributed by atoms with Gasteiger partial charge in [0.15, 0.2) is 0 Å². The Morgan fingerprint density at radius 3 is 1.71 bits per heavy atom. The average molecular weight is 343 g/mol. The van der Waals surface area contributed by atoms with Crippen molar-refractivity contribution < 1.29 is 8.85 Å². The Kier molecular flexibility index (Phi) is 5.68. The molecule has 0 unspecified atom stereocenters. The molecule has 5 heteroatoms. The normalized spacial score (nSPS) is 15.6. The molecule has 0 amide bonds. The molecule has 0 radical (unpaired) electrons. The van der Waals surface area contributed by atoms with E-state index in [0.29, 0.717) is 6.04 Å². The van der Waals surface area contributed by atoms with Crippen molar-refractivity contribution in [3.8, 4) is 0 Å². The van der Waals surface area contributed by atoms with Gasteiger partial charge in [-0.1, -0.05) is 49.2 Å². The molecule has 0 saturated heterocycles. The standard InChI is InChI=1S/C19H26N2O2Si/c1-22-24(23-2,20-17-11-9-10-12-17)21(18-13-5-3-6-14-18)19-15-7-4-8-16-19/h3-8,13-17,20H,9-12H2,1-2H3. The lowest BCUT2D eigenvalue weighted by Crippen LogP contribution is -2.68. The fourth-order valence-electron chi connectivity index (χ4n) is 3.42. The lowest BCUT2D eigenvalue weighted by molar-refractivity contribution is 0.221. The van der Waals surface area contributed by atoms with E-state index in [2.05, 4.69) is 33.8 Å². The maximum Gasteiger partial charge on any atom is 0.557 e. The van der Waals surface area contributed by atoms with Crippen molar-refractivity contribution in [2.24, 2.45) is 0 Å². The van der Waals surface area contributed by atoms with Crippen LogP contribution in [0.1, 0.15) is 25.7 Å². The van der Waals surface area contributed by atoms with Crippen LogP contribution in [0.2, 0.25) is 0 Å². The van der Waals surface area contributed by atoms with Crippen LogP contribution in [0.4, 0.5) is 11.4 Å². The fraction of sp³-hybridized carbons (Fsp3) is 0.368. The monoisotopic (exact) mass is 342 g/mol. The third kappa shape index (κ3) is 3.54. The van der Waals surface area contributed by atoms with Crippen molar-refractivity contribution in [2.45, 2.75) is 31.7 Å². The number of rotatable bonds is 7. The molecule has 0 bridgehead atoms. The van der Waals surface area contributed by atoms with Crippen LogP contribution in [-0.2, 0) is 8.85 Å². The first-order valence-corrected chi connectivity index (χ1v) is 10.3. The van der Waals surface area contributed by atoms with Crippen molar-refractivity contribution >= 4 is 20.3 Å². The van der Waals surface area contributed by atoms with Gasteiger partial charge < -0.3 is 13.4 Å². The van der Waals surface area contributed by atoms with E-state index in [1.54, 1.807) is 14.2 Å². The molecule has 1 fully saturated rings. The fourth-order valence-corrected chi connectivity index (χ4v) is 6.10. The van der Waals surface area contributed by atoms with Crippen LogP contribution in [0.3, 0.4) is 0 Å². The van der Waals surface area contributed by atoms with Crippen LogP contribution < -0.4 is 9.55 Å². The van der Waals surface area contributed by atoms with Crippen LogP contribution in [0.15, 0.2) is 60.7 Å². The lowest BCUT2D eigenvalue weighted by Gasteiger charge is -2.40. The maximum absolute atomic E-state index is 6.05. The van der Waals surface area contributed by atoms with Crippen LogP contribution in [0.25, 0.3) is 0 Å². The summed E-state index contributed by atoms with van der Waals surface area (Å²) < 4.78 is 14.3. The second-order valence-corrected chi connectivity index (χ2v) is 8.84. The summed E-state index contributed by atoms with van der Waals surface area (Å²) in [5, 5.41) is 0. The Morgan fingerprint density at radius 1 is 0.833 bits per heavy atom. The molecule has 1 aliphatic rings. The molecule has 2 aromatic carbocycles. The molecule has 24 heavy (non-hydrogen) atoms. The van der Waals surface area contributed by atoms with Gasteiger partial charge in [0.2, 0.25) is 0 Å². The van der Waals surface area contributed by atoms with E-state index in [0.717, 1.165) is 11.4 Å². The minimum atomic E-state index is -2.84. The highest BCUT2D eigenvalue weighted by molar-refractivity contribution is 6.70. The minimum absolute atomic E-state index is 0.450. The van der Waals surface area contributed by atoms with Gasteiger partial charge in [-0.15, -0.1) is 0 Å². The molecule has 4 nitrogen and oxygen atoms in total. The van der Waals surface area contributed by atoms with E-state index in [9.17, 15) is 0 Å². The topological polar surface area (TPSA) is 33.7 Å². The van der Waals surface area contributed by atoms with Gasteiger partial charge in [-0.25, -0.2) is 0 Å². The minimum Gasteiger partial charge on any atom is -0.369 e. The van der Waals surface area contributed by atoms with Crippen LogP contribution in [0.5, 0.6) is 0 Å². The van der Waals surface area contributed by atoms with E-state index in [-0.39, 0.29) is 0 Å². The molecule has 0 aliphatic heterocycles. The summed E-state index contributed by atoms with van der Waals surface area (Å²) >= 11 is 0. The first kappa shape index (κ1) is 17.2. The zero-order valence-electron chi connectivity index (χ0n) is 14.4. The molecular formula is C19H26N2O2Si. The quantitative estimate of drug-likeness (QED) is 0.769. The van der Waals surface area contributed by atoms with Gasteiger partial charge in [0, 0.05) is 31.6 Å². The molecular weight excluding hydrogens is 316 g/mol. The van der Waals surface area contributed by atoms with E-state index in [1.165, 1.54) is 25.7 Å². The maximum atomic E-state index is 6.05. The Bertz CT molecular complexity index is 574. The Hall–Kier alpha value is -1.66. The summed E-state index contributed by atoms with van der Waals surface area (Å²) in [5.41, 5.74) is 2.15. The molecule has 3 rings (SSSR count). The third-order valence-corrected chi connectivity index (χ3v) is 7.60. The van der Waals surface area contributed by atoms with E-state index in [4.69, 9.17) is 8.85 Å². The molecule has 0 spiro atoms. The summed E-state index contributed by atoms with van der Waals surface area (Å²) in [5.74, 6) is 0. The van der Waals surface area contributed by atoms with Gasteiger partial charge in [-0.2, -0.15) is 0 Å². The van der Waals surface area contributed by atoms with E-state index >= 15 is 0 Å². The second-order valence-electron chi connectivity index (χ2n) is 6.12. The van der Waals surface area contributed by atoms with Crippen LogP contribution >= 0.6 is 0 Å². The molecule has 0 atom stereocenters. The van der Waals surface area contributed by atoms with Gasteiger partial charge in [0.05, 0.1) is 0 Å². The SMILES string of the molecule is CO[Si](NC1CCCC1)(OC)N(c1ccccc1)c1ccccc1. The van der Waals surface area contributed by atoms with Gasteiger partial charge in [-0.05, 0) is 37.1 Å². The molecule has 128 valence electrons. The Balaban J connectivity index is 2.03. The highest BCUT2D eigenvalue weighted by atomic mass is 28.4. The van der Waals surface area contributed by atoms with Crippen molar-refractivity contribution in [3.63, 3.8) is 0 Å². The largest absolute Gasteiger partial charge is 0.557 e. The third-order valence-electron chi connectivity index (χ3n) is 4.62. The summed E-state index contributed by atoms with van der Waals surface area (Å²) in [4.78, 5) is 3.75. The highest BCUT2D eigenvalue weighted by Gasteiger charge is 2.48. The summed E-state index contributed by atoms with van der Waals surface area (Å²) in [6.45, 7) is 0. The highest BCUT2D eigenvalue weighted by Crippen LogP contribution is 2.32. The number of anilines is 2. The van der Waals surface area contributed by atoms with Crippen molar-refractivity contribution in [1.82, 2.24) is 4.98 Å². The van der Waals surface area contributed by atoms with Crippen molar-refractivity contribution in [1.29, 1.82) is 0 Å². The van der Waals surface area contributed by atoms with Crippen molar-refractivity contribution in [2.75, 3.05) is 18.8 Å². The zero-order valence-corrected chi connectivity index (χ0v) is 15.4. The first-order chi connectivity index (χ1) is 11.8. The summed E-state index contributed by atoms with van der Waals surface area (Å²) in [7, 11) is 0.657. The average Bonchev–Trinajstić information content (AvgIpc) is 3.16. The zero-order chi connectivity index (χ0) is 16.8. The molecule has 2 aromatic rings. The molecule has 1 saturated carbocycles. The van der Waals surface area contributed by atoms with Crippen molar-refractivity contribution in [3.05, 3.63) is 60.7 Å². The van der Waals surface area contributed by atoms with Gasteiger partial charge in [-0.3, -0.25) is 4.98 Å². The lowest BCUT2D eigenvalue weighted by atomic mass is 10.3. The summed E-state index contributed by atoms with van der Waals surface area (Å²) in [6.07, 6.45) is 4.90. The molecule has 0 aromatic heterocycles. The Morgan fingerprint density at radius 2 is 1.29 bits per heavy atom. The molecule has 0 heterocycles. The molecule has 1 N–H and O–H groups in total. The number of para-hydroxylation sites is 2. The van der Waals surface area contributed by atoms with Crippen LogP contribution in [0, 0.1) is 0 Å². The second kappa shape index (κ2) is 7.94. The number of nitrogens with zero attached hydrogens (tertiary/aromatic N) is 1. The van der Waals surface area contributed by atoms with E-state index in [1.807, 2.05) is 36.4 Å². The van der Waals surface area contributed by atoms with Gasteiger partial charge in [0.25, 0.3) is 0 Å². The predicted octanol–water partition coefficient (Wildman–Crippen LogP) is 4.09. The number of hydrogen-bond donors (Lipinski definition) is 1. The number of benzene rings is 2. The smallest absolute Gasteiger partial charge is 0.369 e. The first-order valence-electron chi connectivity index (χ1n) is 8.57. The molecule has 1 aliphatic carbocycles. The summed E-state index contributed by atoms with van der Waals surface area (Å²) in [6, 6.07) is 21.1. The van der Waals surface area contributed by atoms with Gasteiger partial charge in [0.1, 0.15) is 0 Å². The van der Waals surface area contributed by atoms with Gasteiger partial charge >= 0.3 is 8.88 Å².